The molecule has 1 aromatic rings. The number of aliphatic hydroxyl groups is 1. The Kier molecular flexibility index (Phi) is 1.71. The fourth-order valence-electron chi connectivity index (χ4n) is 1.46. The second kappa shape index (κ2) is 2.73. The average Bonchev–Trinajstić information content (AvgIpc) is 2.12. The predicted octanol–water partition coefficient (Wildman–Crippen LogP) is 1.07. The second-order valence-electron chi connectivity index (χ2n) is 3.01. The first kappa shape index (κ1) is 7.53. The van der Waals surface area contributed by atoms with Crippen molar-refractivity contribution in [3.8, 4) is 0 Å². The number of rotatable bonds is 0. The van der Waals surface area contributed by atoms with E-state index in [0.717, 1.165) is 11.1 Å². The molecule has 2 nitrogen and oxygen atoms in total. The summed E-state index contributed by atoms with van der Waals surface area (Å²) in [5.41, 5.74) is 7.64. The molecule has 0 heterocycles. The van der Waals surface area contributed by atoms with Crippen molar-refractivity contribution in [2.75, 3.05) is 0 Å². The molecule has 3 N–H and O–H groups in total. The smallest absolute Gasteiger partial charge is 0.0982 e. The fraction of sp³-hybridized carbons (Fsp3) is 0.200. The average molecular weight is 161 g/mol. The highest BCUT2D eigenvalue weighted by atomic mass is 16.3. The van der Waals surface area contributed by atoms with Crippen molar-refractivity contribution in [2.24, 2.45) is 5.73 Å². The number of aliphatic hydroxyl groups excluding tert-OH is 1. The summed E-state index contributed by atoms with van der Waals surface area (Å²) < 4.78 is 0. The maximum atomic E-state index is 9.65. The molecular formula is C10H11NO. The molecule has 1 aliphatic carbocycles. The van der Waals surface area contributed by atoms with Crippen molar-refractivity contribution in [3.05, 3.63) is 41.5 Å². The highest BCUT2D eigenvalue weighted by Gasteiger charge is 2.19. The zero-order chi connectivity index (χ0) is 8.55. The Morgan fingerprint density at radius 2 is 2.00 bits per heavy atom. The van der Waals surface area contributed by atoms with Gasteiger partial charge in [-0.3, -0.25) is 0 Å². The molecule has 0 fully saturated rings. The van der Waals surface area contributed by atoms with Crippen LogP contribution in [0.25, 0.3) is 6.08 Å². The van der Waals surface area contributed by atoms with Crippen molar-refractivity contribution < 1.29 is 5.11 Å². The van der Waals surface area contributed by atoms with Crippen LogP contribution in [0.4, 0.5) is 0 Å². The molecular weight excluding hydrogens is 150 g/mol. The third-order valence-corrected chi connectivity index (χ3v) is 2.18. The molecule has 0 aliphatic heterocycles. The van der Waals surface area contributed by atoms with Gasteiger partial charge in [-0.15, -0.1) is 0 Å². The van der Waals surface area contributed by atoms with Crippen LogP contribution in [0.5, 0.6) is 0 Å². The highest BCUT2D eigenvalue weighted by molar-refractivity contribution is 5.58. The predicted molar refractivity (Wildman–Crippen MR) is 48.4 cm³/mol. The van der Waals surface area contributed by atoms with E-state index < -0.39 is 6.10 Å². The quantitative estimate of drug-likeness (QED) is 0.598. The van der Waals surface area contributed by atoms with Crippen molar-refractivity contribution in [1.29, 1.82) is 0 Å². The lowest BCUT2D eigenvalue weighted by atomic mass is 9.92. The van der Waals surface area contributed by atoms with Crippen LogP contribution < -0.4 is 5.73 Å². The molecule has 0 radical (unpaired) electrons. The first-order valence-corrected chi connectivity index (χ1v) is 4.00. The van der Waals surface area contributed by atoms with Crippen LogP contribution >= 0.6 is 0 Å². The lowest BCUT2D eigenvalue weighted by molar-refractivity contribution is 0.162. The van der Waals surface area contributed by atoms with Gasteiger partial charge in [-0.1, -0.05) is 36.4 Å². The van der Waals surface area contributed by atoms with E-state index in [4.69, 9.17) is 5.73 Å². The molecule has 1 aliphatic rings. The molecule has 0 aromatic heterocycles. The number of hydrogen-bond donors (Lipinski definition) is 2. The van der Waals surface area contributed by atoms with Crippen LogP contribution in [-0.2, 0) is 0 Å². The van der Waals surface area contributed by atoms with Gasteiger partial charge in [-0.2, -0.15) is 0 Å². The molecule has 2 heteroatoms. The van der Waals surface area contributed by atoms with Gasteiger partial charge in [0.05, 0.1) is 12.1 Å². The fourth-order valence-corrected chi connectivity index (χ4v) is 1.46. The Labute approximate surface area is 71.3 Å². The van der Waals surface area contributed by atoms with Crippen LogP contribution in [0, 0.1) is 0 Å². The molecule has 62 valence electrons. The maximum absolute atomic E-state index is 9.65. The van der Waals surface area contributed by atoms with Gasteiger partial charge in [0.15, 0.2) is 0 Å². The third kappa shape index (κ3) is 1.05. The summed E-state index contributed by atoms with van der Waals surface area (Å²) in [4.78, 5) is 0. The molecule has 12 heavy (non-hydrogen) atoms. The number of hydrogen-bond acceptors (Lipinski definition) is 2. The van der Waals surface area contributed by atoms with Gasteiger partial charge < -0.3 is 10.8 Å². The van der Waals surface area contributed by atoms with Crippen molar-refractivity contribution in [2.45, 2.75) is 12.1 Å². The Balaban J connectivity index is 2.52. The van der Waals surface area contributed by atoms with Crippen LogP contribution in [0.3, 0.4) is 0 Å². The van der Waals surface area contributed by atoms with Gasteiger partial charge in [-0.25, -0.2) is 0 Å². The summed E-state index contributed by atoms with van der Waals surface area (Å²) in [6.45, 7) is 0. The third-order valence-electron chi connectivity index (χ3n) is 2.18. The molecule has 2 atom stereocenters. The monoisotopic (exact) mass is 161 g/mol. The largest absolute Gasteiger partial charge is 0.386 e. The van der Waals surface area contributed by atoms with Crippen molar-refractivity contribution in [1.82, 2.24) is 0 Å². The Bertz CT molecular complexity index is 319. The molecule has 0 saturated carbocycles. The summed E-state index contributed by atoms with van der Waals surface area (Å²) in [6, 6.07) is 7.48. The van der Waals surface area contributed by atoms with Crippen molar-refractivity contribution in [3.63, 3.8) is 0 Å². The number of benzene rings is 1. The summed E-state index contributed by atoms with van der Waals surface area (Å²) in [7, 11) is 0. The molecule has 0 bridgehead atoms. The topological polar surface area (TPSA) is 46.2 Å². The zero-order valence-corrected chi connectivity index (χ0v) is 6.64. The van der Waals surface area contributed by atoms with E-state index in [0.29, 0.717) is 0 Å². The maximum Gasteiger partial charge on any atom is 0.0982 e. The minimum absolute atomic E-state index is 0.264. The van der Waals surface area contributed by atoms with E-state index in [9.17, 15) is 5.11 Å². The van der Waals surface area contributed by atoms with Crippen molar-refractivity contribution >= 4 is 6.08 Å². The van der Waals surface area contributed by atoms with E-state index in [2.05, 4.69) is 0 Å². The van der Waals surface area contributed by atoms with Gasteiger partial charge in [0.25, 0.3) is 0 Å². The van der Waals surface area contributed by atoms with Gasteiger partial charge in [0.1, 0.15) is 0 Å². The molecule has 0 unspecified atom stereocenters. The molecule has 0 amide bonds. The molecule has 2 rings (SSSR count). The SMILES string of the molecule is N[C@H]1C=Cc2ccccc2[C@@H]1O. The Morgan fingerprint density at radius 1 is 1.25 bits per heavy atom. The molecule has 1 aromatic carbocycles. The molecule has 0 saturated heterocycles. The lowest BCUT2D eigenvalue weighted by Crippen LogP contribution is -2.28. The van der Waals surface area contributed by atoms with Gasteiger partial charge >= 0.3 is 0 Å². The van der Waals surface area contributed by atoms with Crippen LogP contribution in [-0.4, -0.2) is 11.1 Å². The summed E-state index contributed by atoms with van der Waals surface area (Å²) in [5.74, 6) is 0. The van der Waals surface area contributed by atoms with E-state index in [1.54, 1.807) is 0 Å². The summed E-state index contributed by atoms with van der Waals surface area (Å²) in [5, 5.41) is 9.65. The minimum atomic E-state index is -0.550. The zero-order valence-electron chi connectivity index (χ0n) is 6.64. The minimum Gasteiger partial charge on any atom is -0.386 e. The lowest BCUT2D eigenvalue weighted by Gasteiger charge is -2.22. The highest BCUT2D eigenvalue weighted by Crippen LogP contribution is 2.26. The normalized spacial score (nSPS) is 26.8. The Hall–Kier alpha value is -1.12. The summed E-state index contributed by atoms with van der Waals surface area (Å²) >= 11 is 0. The van der Waals surface area contributed by atoms with Gasteiger partial charge in [0.2, 0.25) is 0 Å². The first-order valence-electron chi connectivity index (χ1n) is 4.00. The number of fused-ring (bicyclic) bond motifs is 1. The number of nitrogens with two attached hydrogens (primary N) is 1. The van der Waals surface area contributed by atoms with E-state index >= 15 is 0 Å². The van der Waals surface area contributed by atoms with E-state index in [1.165, 1.54) is 0 Å². The van der Waals surface area contributed by atoms with Crippen LogP contribution in [0.15, 0.2) is 30.3 Å². The van der Waals surface area contributed by atoms with Gasteiger partial charge in [0, 0.05) is 0 Å². The molecule has 0 spiro atoms. The van der Waals surface area contributed by atoms with Crippen LogP contribution in [0.2, 0.25) is 0 Å². The van der Waals surface area contributed by atoms with E-state index in [1.807, 2.05) is 36.4 Å². The van der Waals surface area contributed by atoms with E-state index in [-0.39, 0.29) is 6.04 Å². The first-order chi connectivity index (χ1) is 5.79. The van der Waals surface area contributed by atoms with Gasteiger partial charge in [-0.05, 0) is 11.1 Å². The standard InChI is InChI=1S/C10H11NO/c11-9-6-5-7-3-1-2-4-8(7)10(9)12/h1-6,9-10,12H,11H2/t9-,10-/m0/s1. The van der Waals surface area contributed by atoms with Crippen LogP contribution in [0.1, 0.15) is 17.2 Å². The second-order valence-corrected chi connectivity index (χ2v) is 3.01. The summed E-state index contributed by atoms with van der Waals surface area (Å²) in [6.07, 6.45) is 3.23. The Morgan fingerprint density at radius 3 is 2.83 bits per heavy atom.